The van der Waals surface area contributed by atoms with Crippen molar-refractivity contribution in [3.8, 4) is 5.75 Å². The average Bonchev–Trinajstić information content (AvgIpc) is 3.19. The average molecular weight is 404 g/mol. The Morgan fingerprint density at radius 3 is 2.45 bits per heavy atom. The summed E-state index contributed by atoms with van der Waals surface area (Å²) in [6.45, 7) is 2.18. The van der Waals surface area contributed by atoms with Gasteiger partial charge in [-0.15, -0.1) is 10.2 Å². The van der Waals surface area contributed by atoms with E-state index in [1.54, 1.807) is 13.1 Å². The van der Waals surface area contributed by atoms with Crippen LogP contribution in [-0.2, 0) is 6.61 Å². The number of aryl methyl sites for hydroxylation is 1. The predicted octanol–water partition coefficient (Wildman–Crippen LogP) is 5.59. The molecule has 0 N–H and O–H groups in total. The van der Waals surface area contributed by atoms with Crippen molar-refractivity contribution < 1.29 is 9.15 Å². The maximum absolute atomic E-state index is 6.00. The number of ether oxygens (including phenoxy) is 1. The number of hydrogen-bond donors (Lipinski definition) is 0. The molecule has 2 heterocycles. The van der Waals surface area contributed by atoms with Gasteiger partial charge in [0, 0.05) is 23.7 Å². The van der Waals surface area contributed by atoms with E-state index in [2.05, 4.69) is 15.2 Å². The Kier molecular flexibility index (Phi) is 5.68. The Labute approximate surface area is 173 Å². The molecule has 4 aromatic rings. The third kappa shape index (κ3) is 4.89. The van der Waals surface area contributed by atoms with Gasteiger partial charge in [-0.3, -0.25) is 4.98 Å². The van der Waals surface area contributed by atoms with Crippen molar-refractivity contribution in [3.63, 3.8) is 0 Å². The zero-order valence-electron chi connectivity index (χ0n) is 15.7. The summed E-state index contributed by atoms with van der Waals surface area (Å²) in [5, 5.41) is 8.83. The molecular weight excluding hydrogens is 386 g/mol. The van der Waals surface area contributed by atoms with Crippen molar-refractivity contribution in [1.82, 2.24) is 15.2 Å². The quantitative estimate of drug-likeness (QED) is 0.392. The summed E-state index contributed by atoms with van der Waals surface area (Å²) in [6.07, 6.45) is 3.75. The van der Waals surface area contributed by atoms with Gasteiger partial charge >= 0.3 is 0 Å². The van der Waals surface area contributed by atoms with E-state index in [1.165, 1.54) is 0 Å². The Morgan fingerprint density at radius 1 is 1.00 bits per heavy atom. The number of hydrogen-bond acceptors (Lipinski definition) is 5. The molecule has 0 aliphatic heterocycles. The summed E-state index contributed by atoms with van der Waals surface area (Å²) in [6, 6.07) is 21.1. The summed E-state index contributed by atoms with van der Waals surface area (Å²) in [4.78, 5) is 4.26. The fourth-order valence-corrected chi connectivity index (χ4v) is 2.90. The fraction of sp³-hybridized carbons (Fsp3) is 0.0870. The van der Waals surface area contributed by atoms with E-state index in [1.807, 2.05) is 72.8 Å². The van der Waals surface area contributed by atoms with Crippen molar-refractivity contribution in [3.05, 3.63) is 107 Å². The van der Waals surface area contributed by atoms with Crippen LogP contribution in [0.25, 0.3) is 11.6 Å². The maximum atomic E-state index is 6.00. The number of rotatable bonds is 6. The first-order valence-corrected chi connectivity index (χ1v) is 9.46. The second kappa shape index (κ2) is 8.71. The minimum absolute atomic E-state index is 0.413. The molecule has 2 aromatic heterocycles. The molecule has 4 rings (SSSR count). The van der Waals surface area contributed by atoms with E-state index in [0.29, 0.717) is 23.4 Å². The van der Waals surface area contributed by atoms with Crippen molar-refractivity contribution in [1.29, 1.82) is 0 Å². The van der Waals surface area contributed by atoms with E-state index in [-0.39, 0.29) is 0 Å². The van der Waals surface area contributed by atoms with Crippen LogP contribution in [0.4, 0.5) is 0 Å². The molecular formula is C23H18ClN3O2. The zero-order chi connectivity index (χ0) is 20.1. The minimum atomic E-state index is 0.413. The van der Waals surface area contributed by atoms with E-state index in [0.717, 1.165) is 28.1 Å². The van der Waals surface area contributed by atoms with Gasteiger partial charge in [0.25, 0.3) is 0 Å². The standard InChI is InChI=1S/C23H18ClN3O2/c1-16-26-27-23(29-16)22(14-17-5-9-19(24)10-6-17)18-7-11-21(12-8-18)28-15-20-4-2-3-13-25-20/h2-14H,15H2,1H3/b22-14-. The number of benzene rings is 2. The highest BCUT2D eigenvalue weighted by atomic mass is 35.5. The third-order valence-electron chi connectivity index (χ3n) is 4.22. The van der Waals surface area contributed by atoms with Crippen LogP contribution in [0.2, 0.25) is 5.02 Å². The summed E-state index contributed by atoms with van der Waals surface area (Å²) >= 11 is 6.00. The summed E-state index contributed by atoms with van der Waals surface area (Å²) in [5.41, 5.74) is 3.62. The van der Waals surface area contributed by atoms with Gasteiger partial charge in [0.2, 0.25) is 11.8 Å². The van der Waals surface area contributed by atoms with E-state index >= 15 is 0 Å². The molecule has 0 unspecified atom stereocenters. The minimum Gasteiger partial charge on any atom is -0.487 e. The van der Waals surface area contributed by atoms with Crippen LogP contribution in [0.1, 0.15) is 28.6 Å². The molecule has 6 heteroatoms. The molecule has 0 aliphatic carbocycles. The summed E-state index contributed by atoms with van der Waals surface area (Å²) in [5.74, 6) is 1.73. The van der Waals surface area contributed by atoms with Crippen molar-refractivity contribution >= 4 is 23.3 Å². The van der Waals surface area contributed by atoms with Gasteiger partial charge in [0.15, 0.2) is 0 Å². The van der Waals surface area contributed by atoms with Crippen LogP contribution < -0.4 is 4.74 Å². The fourth-order valence-electron chi connectivity index (χ4n) is 2.77. The topological polar surface area (TPSA) is 61.0 Å². The second-order valence-corrected chi connectivity index (χ2v) is 6.81. The van der Waals surface area contributed by atoms with Crippen LogP contribution >= 0.6 is 11.6 Å². The van der Waals surface area contributed by atoms with Crippen molar-refractivity contribution in [2.75, 3.05) is 0 Å². The predicted molar refractivity (Wildman–Crippen MR) is 112 cm³/mol. The normalized spacial score (nSPS) is 11.4. The van der Waals surface area contributed by atoms with Gasteiger partial charge in [-0.2, -0.15) is 0 Å². The molecule has 0 atom stereocenters. The van der Waals surface area contributed by atoms with Crippen LogP contribution in [0, 0.1) is 6.92 Å². The molecule has 0 fully saturated rings. The summed E-state index contributed by atoms with van der Waals surface area (Å²) in [7, 11) is 0. The maximum Gasteiger partial charge on any atom is 0.248 e. The second-order valence-electron chi connectivity index (χ2n) is 6.37. The molecule has 2 aromatic carbocycles. The number of pyridine rings is 1. The molecule has 0 amide bonds. The van der Waals surface area contributed by atoms with E-state index in [4.69, 9.17) is 20.8 Å². The Balaban J connectivity index is 1.60. The molecule has 0 saturated heterocycles. The molecule has 144 valence electrons. The van der Waals surface area contributed by atoms with Gasteiger partial charge in [0.1, 0.15) is 12.4 Å². The molecule has 0 radical (unpaired) electrons. The largest absolute Gasteiger partial charge is 0.487 e. The first-order chi connectivity index (χ1) is 14.2. The molecule has 0 aliphatic rings. The SMILES string of the molecule is Cc1nnc(/C(=C\c2ccc(Cl)cc2)c2ccc(OCc3ccccn3)cc2)o1. The van der Waals surface area contributed by atoms with Crippen LogP contribution in [0.5, 0.6) is 5.75 Å². The molecule has 0 saturated carbocycles. The number of aromatic nitrogens is 3. The molecule has 29 heavy (non-hydrogen) atoms. The van der Waals surface area contributed by atoms with Gasteiger partial charge in [0.05, 0.1) is 5.69 Å². The van der Waals surface area contributed by atoms with Gasteiger partial charge in [-0.05, 0) is 53.6 Å². The van der Waals surface area contributed by atoms with Gasteiger partial charge in [-0.25, -0.2) is 0 Å². The Hall–Kier alpha value is -3.44. The van der Waals surface area contributed by atoms with Gasteiger partial charge in [-0.1, -0.05) is 41.9 Å². The highest BCUT2D eigenvalue weighted by molar-refractivity contribution is 6.30. The molecule has 0 bridgehead atoms. The van der Waals surface area contributed by atoms with E-state index < -0.39 is 0 Å². The zero-order valence-corrected chi connectivity index (χ0v) is 16.5. The van der Waals surface area contributed by atoms with Crippen LogP contribution in [0.15, 0.2) is 77.3 Å². The van der Waals surface area contributed by atoms with Crippen LogP contribution in [0.3, 0.4) is 0 Å². The smallest absolute Gasteiger partial charge is 0.248 e. The Morgan fingerprint density at radius 2 is 1.79 bits per heavy atom. The third-order valence-corrected chi connectivity index (χ3v) is 4.47. The lowest BCUT2D eigenvalue weighted by atomic mass is 10.0. The first kappa shape index (κ1) is 18.9. The van der Waals surface area contributed by atoms with Crippen molar-refractivity contribution in [2.45, 2.75) is 13.5 Å². The highest BCUT2D eigenvalue weighted by Gasteiger charge is 2.13. The Bertz CT molecular complexity index is 1110. The lowest BCUT2D eigenvalue weighted by molar-refractivity contribution is 0.301. The number of halogens is 1. The first-order valence-electron chi connectivity index (χ1n) is 9.08. The lowest BCUT2D eigenvalue weighted by Gasteiger charge is -2.08. The number of nitrogens with zero attached hydrogens (tertiary/aromatic N) is 3. The lowest BCUT2D eigenvalue weighted by Crippen LogP contribution is -1.97. The summed E-state index contributed by atoms with van der Waals surface area (Å²) < 4.78 is 11.5. The van der Waals surface area contributed by atoms with Gasteiger partial charge < -0.3 is 9.15 Å². The molecule has 5 nitrogen and oxygen atoms in total. The molecule has 0 spiro atoms. The van der Waals surface area contributed by atoms with E-state index in [9.17, 15) is 0 Å². The highest BCUT2D eigenvalue weighted by Crippen LogP contribution is 2.27. The van der Waals surface area contributed by atoms with Crippen molar-refractivity contribution in [2.24, 2.45) is 0 Å². The monoisotopic (exact) mass is 403 g/mol. The van der Waals surface area contributed by atoms with Crippen LogP contribution in [-0.4, -0.2) is 15.2 Å².